The molecule has 17 heavy (non-hydrogen) atoms. The number of ether oxygens (including phenoxy) is 1. The average Bonchev–Trinajstić information content (AvgIpc) is 2.29. The van der Waals surface area contributed by atoms with E-state index in [1.54, 1.807) is 13.8 Å². The van der Waals surface area contributed by atoms with Crippen molar-refractivity contribution < 1.29 is 20.0 Å². The molecule has 0 unspecified atom stereocenters. The summed E-state index contributed by atoms with van der Waals surface area (Å²) in [6.07, 6.45) is 2.17. The largest absolute Gasteiger partial charge is 0.459 e. The highest BCUT2D eigenvalue weighted by Gasteiger charge is 2.39. The molecule has 0 amide bonds. The van der Waals surface area contributed by atoms with Crippen LogP contribution in [-0.2, 0) is 9.53 Å². The summed E-state index contributed by atoms with van der Waals surface area (Å²) in [5, 5.41) is 11.5. The second kappa shape index (κ2) is 5.36. The summed E-state index contributed by atoms with van der Waals surface area (Å²) in [7, 11) is 0. The molecular weight excluding hydrogens is 218 g/mol. The fourth-order valence-electron chi connectivity index (χ4n) is 2.15. The molecule has 1 aliphatic heterocycles. The summed E-state index contributed by atoms with van der Waals surface area (Å²) in [6.45, 7) is 9.41. The van der Waals surface area contributed by atoms with Crippen LogP contribution in [0, 0.1) is 11.3 Å². The van der Waals surface area contributed by atoms with Crippen LogP contribution in [0.1, 0.15) is 40.5 Å². The molecule has 4 heteroatoms. The number of quaternary nitrogens is 1. The Balaban J connectivity index is 2.61. The van der Waals surface area contributed by atoms with E-state index in [1.165, 1.54) is 0 Å². The van der Waals surface area contributed by atoms with Gasteiger partial charge in [0.05, 0.1) is 25.1 Å². The van der Waals surface area contributed by atoms with Gasteiger partial charge < -0.3 is 15.2 Å². The molecule has 0 aromatic rings. The van der Waals surface area contributed by atoms with Gasteiger partial charge in [-0.15, -0.1) is 0 Å². The Morgan fingerprint density at radius 2 is 1.82 bits per heavy atom. The monoisotopic (exact) mass is 244 g/mol. The standard InChI is InChI=1S/C13H25NO3/c1-12(2,9-15)11(16)17-13(3,4)10-5-7-14-8-6-10/h10,14-15H,5-9H2,1-4H3/p+1. The second-order valence-corrected chi connectivity index (χ2v) is 6.18. The van der Waals surface area contributed by atoms with Crippen LogP contribution in [0.3, 0.4) is 0 Å². The van der Waals surface area contributed by atoms with Crippen molar-refractivity contribution in [3.05, 3.63) is 0 Å². The molecular formula is C13H26NO3+. The summed E-state index contributed by atoms with van der Waals surface area (Å²) in [5.74, 6) is 0.116. The van der Waals surface area contributed by atoms with Crippen LogP contribution in [0.15, 0.2) is 0 Å². The normalized spacial score (nSPS) is 19.1. The molecule has 3 N–H and O–H groups in total. The lowest BCUT2D eigenvalue weighted by Gasteiger charge is -2.37. The highest BCUT2D eigenvalue weighted by Crippen LogP contribution is 2.30. The van der Waals surface area contributed by atoms with Crippen molar-refractivity contribution in [1.29, 1.82) is 0 Å². The van der Waals surface area contributed by atoms with Gasteiger partial charge in [-0.1, -0.05) is 0 Å². The van der Waals surface area contributed by atoms with Crippen LogP contribution < -0.4 is 5.32 Å². The molecule has 1 heterocycles. The Kier molecular flexibility index (Phi) is 4.55. The fourth-order valence-corrected chi connectivity index (χ4v) is 2.15. The summed E-state index contributed by atoms with van der Waals surface area (Å²) < 4.78 is 5.62. The maximum absolute atomic E-state index is 12.0. The van der Waals surface area contributed by atoms with Crippen molar-refractivity contribution in [3.8, 4) is 0 Å². The molecule has 0 aliphatic carbocycles. The zero-order valence-corrected chi connectivity index (χ0v) is 11.5. The van der Waals surface area contributed by atoms with Gasteiger partial charge >= 0.3 is 5.97 Å². The smallest absolute Gasteiger partial charge is 0.314 e. The van der Waals surface area contributed by atoms with Gasteiger partial charge in [-0.2, -0.15) is 0 Å². The first kappa shape index (κ1) is 14.5. The molecule has 4 nitrogen and oxygen atoms in total. The Hall–Kier alpha value is -0.610. The zero-order chi connectivity index (χ0) is 13.1. The molecule has 0 spiro atoms. The van der Waals surface area contributed by atoms with Gasteiger partial charge in [0.2, 0.25) is 0 Å². The number of aliphatic hydroxyl groups excluding tert-OH is 1. The predicted octanol–water partition coefficient (Wildman–Crippen LogP) is 0.300. The van der Waals surface area contributed by atoms with Crippen LogP contribution >= 0.6 is 0 Å². The van der Waals surface area contributed by atoms with E-state index >= 15 is 0 Å². The third kappa shape index (κ3) is 3.68. The van der Waals surface area contributed by atoms with Crippen LogP contribution in [0.2, 0.25) is 0 Å². The maximum Gasteiger partial charge on any atom is 0.314 e. The van der Waals surface area contributed by atoms with Crippen LogP contribution in [0.25, 0.3) is 0 Å². The Bertz CT molecular complexity index is 268. The quantitative estimate of drug-likeness (QED) is 0.699. The number of carbonyl (C=O) groups excluding carboxylic acids is 1. The van der Waals surface area contributed by atoms with Crippen molar-refractivity contribution in [1.82, 2.24) is 0 Å². The first-order valence-corrected chi connectivity index (χ1v) is 6.45. The van der Waals surface area contributed by atoms with Gasteiger partial charge in [-0.25, -0.2) is 0 Å². The van der Waals surface area contributed by atoms with Gasteiger partial charge in [0, 0.05) is 18.8 Å². The van der Waals surface area contributed by atoms with Crippen molar-refractivity contribution in [2.75, 3.05) is 19.7 Å². The highest BCUT2D eigenvalue weighted by atomic mass is 16.6. The first-order chi connectivity index (χ1) is 7.79. The average molecular weight is 244 g/mol. The van der Waals surface area contributed by atoms with E-state index in [1.807, 2.05) is 13.8 Å². The number of aliphatic hydroxyl groups is 1. The number of esters is 1. The zero-order valence-electron chi connectivity index (χ0n) is 11.5. The minimum atomic E-state index is -0.807. The van der Waals surface area contributed by atoms with E-state index in [2.05, 4.69) is 5.32 Å². The highest BCUT2D eigenvalue weighted by molar-refractivity contribution is 5.76. The molecule has 0 saturated carbocycles. The summed E-state index contributed by atoms with van der Waals surface area (Å²) in [4.78, 5) is 12.0. The van der Waals surface area contributed by atoms with Gasteiger partial charge in [0.15, 0.2) is 0 Å². The van der Waals surface area contributed by atoms with Crippen LogP contribution in [-0.4, -0.2) is 36.4 Å². The molecule has 1 rings (SSSR count). The second-order valence-electron chi connectivity index (χ2n) is 6.18. The molecule has 1 saturated heterocycles. The molecule has 0 atom stereocenters. The minimum absolute atomic E-state index is 0.180. The van der Waals surface area contributed by atoms with Crippen molar-refractivity contribution in [2.45, 2.75) is 46.1 Å². The van der Waals surface area contributed by atoms with Crippen molar-refractivity contribution >= 4 is 5.97 Å². The molecule has 1 fully saturated rings. The Labute approximate surface area is 104 Å². The van der Waals surface area contributed by atoms with Crippen LogP contribution in [0.4, 0.5) is 0 Å². The topological polar surface area (TPSA) is 63.1 Å². The molecule has 0 radical (unpaired) electrons. The number of piperidine rings is 1. The van der Waals surface area contributed by atoms with E-state index in [0.717, 1.165) is 25.9 Å². The van der Waals surface area contributed by atoms with Gasteiger partial charge in [0.25, 0.3) is 0 Å². The molecule has 1 aliphatic rings. The number of hydrogen-bond donors (Lipinski definition) is 2. The van der Waals surface area contributed by atoms with Gasteiger partial charge in [0.1, 0.15) is 5.60 Å². The van der Waals surface area contributed by atoms with Crippen LogP contribution in [0.5, 0.6) is 0 Å². The lowest BCUT2D eigenvalue weighted by molar-refractivity contribution is -0.665. The lowest BCUT2D eigenvalue weighted by atomic mass is 9.83. The number of nitrogens with two attached hydrogens (primary N) is 1. The lowest BCUT2D eigenvalue weighted by Crippen LogP contribution is -2.86. The van der Waals surface area contributed by atoms with E-state index in [4.69, 9.17) is 9.84 Å². The summed E-state index contributed by atoms with van der Waals surface area (Å²) >= 11 is 0. The number of rotatable bonds is 4. The molecule has 100 valence electrons. The van der Waals surface area contributed by atoms with Gasteiger partial charge in [-0.05, 0) is 27.7 Å². The van der Waals surface area contributed by atoms with Gasteiger partial charge in [-0.3, -0.25) is 4.79 Å². The number of carbonyl (C=O) groups is 1. The third-order valence-corrected chi connectivity index (χ3v) is 3.73. The van der Waals surface area contributed by atoms with E-state index in [-0.39, 0.29) is 12.6 Å². The fraction of sp³-hybridized carbons (Fsp3) is 0.923. The SMILES string of the molecule is CC(C)(CO)C(=O)OC(C)(C)C1CC[NH2+]CC1. The van der Waals surface area contributed by atoms with Crippen molar-refractivity contribution in [3.63, 3.8) is 0 Å². The first-order valence-electron chi connectivity index (χ1n) is 6.45. The summed E-state index contributed by atoms with van der Waals surface area (Å²) in [5.41, 5.74) is -1.24. The van der Waals surface area contributed by atoms with E-state index in [0.29, 0.717) is 5.92 Å². The molecule has 0 aromatic heterocycles. The maximum atomic E-state index is 12.0. The Morgan fingerprint density at radius 3 is 2.29 bits per heavy atom. The van der Waals surface area contributed by atoms with E-state index < -0.39 is 11.0 Å². The third-order valence-electron chi connectivity index (χ3n) is 3.73. The summed E-state index contributed by atoms with van der Waals surface area (Å²) in [6, 6.07) is 0. The van der Waals surface area contributed by atoms with E-state index in [9.17, 15) is 4.79 Å². The molecule has 0 aromatic carbocycles. The minimum Gasteiger partial charge on any atom is -0.459 e. The molecule has 0 bridgehead atoms. The predicted molar refractivity (Wildman–Crippen MR) is 65.4 cm³/mol. The Morgan fingerprint density at radius 1 is 1.29 bits per heavy atom. The number of hydrogen-bond acceptors (Lipinski definition) is 3. The van der Waals surface area contributed by atoms with Crippen molar-refractivity contribution in [2.24, 2.45) is 11.3 Å².